The Bertz CT molecular complexity index is 525. The van der Waals surface area contributed by atoms with E-state index in [0.29, 0.717) is 0 Å². The summed E-state index contributed by atoms with van der Waals surface area (Å²) in [6, 6.07) is 9.12. The highest BCUT2D eigenvalue weighted by Gasteiger charge is 2.57. The molecule has 1 saturated carbocycles. The van der Waals surface area contributed by atoms with E-state index in [-0.39, 0.29) is 19.6 Å². The molecule has 0 saturated heterocycles. The minimum atomic E-state index is -1.56. The van der Waals surface area contributed by atoms with Gasteiger partial charge in [-0.15, -0.1) is 0 Å². The van der Waals surface area contributed by atoms with Gasteiger partial charge < -0.3 is 30.5 Å². The third-order valence-electron chi connectivity index (χ3n) is 4.27. The van der Waals surface area contributed by atoms with Gasteiger partial charge in [-0.05, 0) is 12.0 Å². The molecule has 0 aliphatic heterocycles. The second-order valence-electron chi connectivity index (χ2n) is 5.95. The molecule has 3 unspecified atom stereocenters. The molecule has 7 nitrogen and oxygen atoms in total. The lowest BCUT2D eigenvalue weighted by atomic mass is 9.92. The third-order valence-corrected chi connectivity index (χ3v) is 4.27. The highest BCUT2D eigenvalue weighted by Crippen LogP contribution is 2.38. The number of amides is 1. The number of ether oxygens (including phenoxy) is 1. The average molecular weight is 325 g/mol. The molecule has 7 heteroatoms. The van der Waals surface area contributed by atoms with Crippen molar-refractivity contribution in [2.45, 2.75) is 44.0 Å². The Morgan fingerprint density at radius 3 is 2.57 bits per heavy atom. The molecule has 0 spiro atoms. The van der Waals surface area contributed by atoms with E-state index in [9.17, 15) is 25.2 Å². The summed E-state index contributed by atoms with van der Waals surface area (Å²) in [4.78, 5) is 11.5. The van der Waals surface area contributed by atoms with E-state index in [4.69, 9.17) is 4.74 Å². The Balaban J connectivity index is 2.16. The van der Waals surface area contributed by atoms with Gasteiger partial charge in [-0.25, -0.2) is 0 Å². The summed E-state index contributed by atoms with van der Waals surface area (Å²) in [5, 5.41) is 42.5. The maximum atomic E-state index is 11.5. The van der Waals surface area contributed by atoms with Crippen LogP contribution in [0.25, 0.3) is 0 Å². The van der Waals surface area contributed by atoms with Gasteiger partial charge in [-0.2, -0.15) is 0 Å². The van der Waals surface area contributed by atoms with Crippen LogP contribution in [-0.2, 0) is 16.1 Å². The quantitative estimate of drug-likeness (QED) is 0.434. The van der Waals surface area contributed by atoms with Crippen molar-refractivity contribution in [3.8, 4) is 0 Å². The predicted octanol–water partition coefficient (Wildman–Crippen LogP) is -0.870. The van der Waals surface area contributed by atoms with Crippen molar-refractivity contribution in [1.29, 1.82) is 0 Å². The molecule has 2 rings (SSSR count). The molecule has 1 fully saturated rings. The second-order valence-corrected chi connectivity index (χ2v) is 5.95. The zero-order chi connectivity index (χ0) is 17.0. The molecule has 1 aromatic carbocycles. The van der Waals surface area contributed by atoms with Crippen molar-refractivity contribution in [3.63, 3.8) is 0 Å². The molecular formula is C16H23NO6. The van der Waals surface area contributed by atoms with Gasteiger partial charge in [0.2, 0.25) is 5.91 Å². The molecule has 1 amide bonds. The van der Waals surface area contributed by atoms with Crippen LogP contribution in [-0.4, -0.2) is 57.0 Å². The van der Waals surface area contributed by atoms with E-state index < -0.39 is 35.9 Å². The second kappa shape index (κ2) is 7.37. The van der Waals surface area contributed by atoms with Crippen LogP contribution in [0, 0.1) is 5.92 Å². The van der Waals surface area contributed by atoms with Gasteiger partial charge >= 0.3 is 0 Å². The summed E-state index contributed by atoms with van der Waals surface area (Å²) < 4.78 is 5.42. The first kappa shape index (κ1) is 17.8. The highest BCUT2D eigenvalue weighted by molar-refractivity contribution is 5.74. The maximum absolute atomic E-state index is 11.5. The topological polar surface area (TPSA) is 119 Å². The molecule has 0 bridgehead atoms. The number of carbonyl (C=O) groups is 1. The number of hydrogen-bond acceptors (Lipinski definition) is 6. The van der Waals surface area contributed by atoms with Gasteiger partial charge in [-0.3, -0.25) is 4.79 Å². The Hall–Kier alpha value is -1.51. The number of aliphatic hydroxyl groups is 4. The Morgan fingerprint density at radius 2 is 2.04 bits per heavy atom. The first-order chi connectivity index (χ1) is 10.9. The van der Waals surface area contributed by atoms with Crippen molar-refractivity contribution < 1.29 is 30.0 Å². The monoisotopic (exact) mass is 325 g/mol. The summed E-state index contributed by atoms with van der Waals surface area (Å²) in [5.41, 5.74) is -0.746. The van der Waals surface area contributed by atoms with E-state index in [2.05, 4.69) is 5.32 Å². The molecule has 1 aromatic rings. The Kier molecular flexibility index (Phi) is 5.72. The van der Waals surface area contributed by atoms with Crippen molar-refractivity contribution in [1.82, 2.24) is 5.32 Å². The minimum absolute atomic E-state index is 0.00136. The van der Waals surface area contributed by atoms with Crippen LogP contribution < -0.4 is 5.32 Å². The first-order valence-corrected chi connectivity index (χ1v) is 7.50. The van der Waals surface area contributed by atoms with Crippen molar-refractivity contribution in [3.05, 3.63) is 35.9 Å². The molecule has 0 aromatic heterocycles. The SMILES string of the molecule is CC(=O)NC1([C@H](O)OCc2ccccc2)CC(CO)[C@@H](O)C1O. The van der Waals surface area contributed by atoms with E-state index in [0.717, 1.165) is 5.56 Å². The molecule has 1 aliphatic carbocycles. The van der Waals surface area contributed by atoms with Gasteiger partial charge in [-0.1, -0.05) is 30.3 Å². The largest absolute Gasteiger partial charge is 0.396 e. The van der Waals surface area contributed by atoms with Gasteiger partial charge in [0.1, 0.15) is 11.6 Å². The Labute approximate surface area is 134 Å². The van der Waals surface area contributed by atoms with E-state index in [1.54, 1.807) is 0 Å². The number of rotatable bonds is 6. The van der Waals surface area contributed by atoms with Crippen LogP contribution in [0.5, 0.6) is 0 Å². The number of nitrogens with one attached hydrogen (secondary N) is 1. The molecule has 0 heterocycles. The summed E-state index contributed by atoms with van der Waals surface area (Å²) in [6.45, 7) is 0.956. The van der Waals surface area contributed by atoms with E-state index in [1.165, 1.54) is 6.92 Å². The van der Waals surface area contributed by atoms with Gasteiger partial charge in [0, 0.05) is 19.4 Å². The summed E-state index contributed by atoms with van der Waals surface area (Å²) in [5.74, 6) is -1.14. The van der Waals surface area contributed by atoms with Crippen molar-refractivity contribution in [2.75, 3.05) is 6.61 Å². The summed E-state index contributed by atoms with van der Waals surface area (Å²) in [7, 11) is 0. The van der Waals surface area contributed by atoms with Crippen molar-refractivity contribution >= 4 is 5.91 Å². The number of hydrogen-bond donors (Lipinski definition) is 5. The van der Waals surface area contributed by atoms with Crippen LogP contribution in [0.2, 0.25) is 0 Å². The molecule has 5 atom stereocenters. The van der Waals surface area contributed by atoms with Crippen molar-refractivity contribution in [2.24, 2.45) is 5.92 Å². The van der Waals surface area contributed by atoms with Crippen LogP contribution in [0.1, 0.15) is 18.9 Å². The lowest BCUT2D eigenvalue weighted by Crippen LogP contribution is -2.63. The normalized spacial score (nSPS) is 31.8. The lowest BCUT2D eigenvalue weighted by molar-refractivity contribution is -0.188. The molecule has 0 radical (unpaired) electrons. The molecule has 128 valence electrons. The average Bonchev–Trinajstić information content (AvgIpc) is 2.78. The standard InChI is InChI=1S/C16H23NO6/c1-10(19)17-16(7-12(8-18)13(20)14(16)21)15(22)23-9-11-5-3-2-4-6-11/h2-6,12-15,18,20-22H,7-9H2,1H3,(H,17,19)/t12?,13-,14?,15-,16?/m1/s1. The highest BCUT2D eigenvalue weighted by atomic mass is 16.6. The Morgan fingerprint density at radius 1 is 1.39 bits per heavy atom. The predicted molar refractivity (Wildman–Crippen MR) is 81.0 cm³/mol. The summed E-state index contributed by atoms with van der Waals surface area (Å²) >= 11 is 0. The molecule has 5 N–H and O–H groups in total. The van der Waals surface area contributed by atoms with Crippen LogP contribution >= 0.6 is 0 Å². The van der Waals surface area contributed by atoms with Gasteiger partial charge in [0.25, 0.3) is 0 Å². The first-order valence-electron chi connectivity index (χ1n) is 7.50. The zero-order valence-corrected chi connectivity index (χ0v) is 12.9. The fourth-order valence-corrected chi connectivity index (χ4v) is 3.07. The lowest BCUT2D eigenvalue weighted by Gasteiger charge is -2.37. The van der Waals surface area contributed by atoms with Crippen LogP contribution in [0.15, 0.2) is 30.3 Å². The van der Waals surface area contributed by atoms with Crippen LogP contribution in [0.4, 0.5) is 0 Å². The van der Waals surface area contributed by atoms with E-state index in [1.807, 2.05) is 30.3 Å². The fourth-order valence-electron chi connectivity index (χ4n) is 3.07. The smallest absolute Gasteiger partial charge is 0.217 e. The minimum Gasteiger partial charge on any atom is -0.396 e. The van der Waals surface area contributed by atoms with Crippen LogP contribution in [0.3, 0.4) is 0 Å². The van der Waals surface area contributed by atoms with Gasteiger partial charge in [0.15, 0.2) is 6.29 Å². The summed E-state index contributed by atoms with van der Waals surface area (Å²) in [6.07, 6.45) is -4.24. The molecular weight excluding hydrogens is 302 g/mol. The van der Waals surface area contributed by atoms with Gasteiger partial charge in [0.05, 0.1) is 12.7 Å². The number of benzene rings is 1. The zero-order valence-electron chi connectivity index (χ0n) is 12.9. The number of carbonyl (C=O) groups excluding carboxylic acids is 1. The van der Waals surface area contributed by atoms with E-state index >= 15 is 0 Å². The third kappa shape index (κ3) is 3.70. The maximum Gasteiger partial charge on any atom is 0.217 e. The molecule has 23 heavy (non-hydrogen) atoms. The number of aliphatic hydroxyl groups excluding tert-OH is 4. The fraction of sp³-hybridized carbons (Fsp3) is 0.562. The molecule has 1 aliphatic rings.